The van der Waals surface area contributed by atoms with E-state index >= 15 is 0 Å². The third-order valence-corrected chi connectivity index (χ3v) is 3.20. The lowest BCUT2D eigenvalue weighted by Gasteiger charge is -2.35. The van der Waals surface area contributed by atoms with Crippen LogP contribution in [0.3, 0.4) is 0 Å². The number of carboxylic acids is 1. The summed E-state index contributed by atoms with van der Waals surface area (Å²) < 4.78 is 5.48. The number of ether oxygens (including phenoxy) is 1. The number of hydrogen-bond acceptors (Lipinski definition) is 2. The average molecular weight is 184 g/mol. The van der Waals surface area contributed by atoms with Gasteiger partial charge in [0.05, 0.1) is 19.1 Å². The second-order valence-corrected chi connectivity index (χ2v) is 5.29. The van der Waals surface area contributed by atoms with Crippen molar-refractivity contribution >= 4 is 5.97 Å². The summed E-state index contributed by atoms with van der Waals surface area (Å²) in [6, 6.07) is 0. The molecule has 1 saturated carbocycles. The zero-order valence-corrected chi connectivity index (χ0v) is 8.17. The Morgan fingerprint density at radius 2 is 2.15 bits per heavy atom. The molecule has 13 heavy (non-hydrogen) atoms. The van der Waals surface area contributed by atoms with Gasteiger partial charge in [-0.25, -0.2) is 0 Å². The first-order chi connectivity index (χ1) is 5.95. The molecule has 2 fully saturated rings. The molecule has 1 spiro atoms. The van der Waals surface area contributed by atoms with Gasteiger partial charge in [-0.1, -0.05) is 13.8 Å². The van der Waals surface area contributed by atoms with Gasteiger partial charge in [0, 0.05) is 5.41 Å². The largest absolute Gasteiger partial charge is 0.481 e. The van der Waals surface area contributed by atoms with Crippen molar-refractivity contribution in [3.8, 4) is 0 Å². The molecule has 2 atom stereocenters. The lowest BCUT2D eigenvalue weighted by atomic mass is 9.79. The summed E-state index contributed by atoms with van der Waals surface area (Å²) >= 11 is 0. The van der Waals surface area contributed by atoms with E-state index in [9.17, 15) is 4.79 Å². The van der Waals surface area contributed by atoms with Crippen molar-refractivity contribution in [1.29, 1.82) is 0 Å². The number of carboxylic acid groups (broad SMARTS) is 1. The predicted molar refractivity (Wildman–Crippen MR) is 47.4 cm³/mol. The molecular formula is C10H16O3. The molecule has 2 aliphatic rings. The maximum Gasteiger partial charge on any atom is 0.307 e. The molecule has 0 radical (unpaired) electrons. The Bertz CT molecular complexity index is 247. The fourth-order valence-electron chi connectivity index (χ4n) is 2.64. The Balaban J connectivity index is 2.06. The monoisotopic (exact) mass is 184 g/mol. The summed E-state index contributed by atoms with van der Waals surface area (Å²) in [7, 11) is 0. The molecule has 0 amide bonds. The molecular weight excluding hydrogens is 168 g/mol. The van der Waals surface area contributed by atoms with Crippen LogP contribution in [0.1, 0.15) is 26.7 Å². The van der Waals surface area contributed by atoms with Crippen molar-refractivity contribution in [2.75, 3.05) is 13.2 Å². The van der Waals surface area contributed by atoms with Crippen LogP contribution in [0.2, 0.25) is 0 Å². The summed E-state index contributed by atoms with van der Waals surface area (Å²) in [5.74, 6) is -0.798. The second-order valence-electron chi connectivity index (χ2n) is 5.29. The highest BCUT2D eigenvalue weighted by Gasteiger charge is 2.61. The van der Waals surface area contributed by atoms with Gasteiger partial charge in [-0.3, -0.25) is 4.79 Å². The molecule has 2 rings (SSSR count). The number of carbonyl (C=O) groups is 1. The quantitative estimate of drug-likeness (QED) is 0.672. The summed E-state index contributed by atoms with van der Waals surface area (Å²) in [5.41, 5.74) is 0.135. The van der Waals surface area contributed by atoms with E-state index in [2.05, 4.69) is 13.8 Å². The van der Waals surface area contributed by atoms with Gasteiger partial charge in [0.1, 0.15) is 0 Å². The Morgan fingerprint density at radius 3 is 2.62 bits per heavy atom. The van der Waals surface area contributed by atoms with Gasteiger partial charge in [0.15, 0.2) is 0 Å². The third-order valence-electron chi connectivity index (χ3n) is 3.20. The smallest absolute Gasteiger partial charge is 0.307 e. The molecule has 2 unspecified atom stereocenters. The van der Waals surface area contributed by atoms with Gasteiger partial charge in [0.2, 0.25) is 0 Å². The molecule has 0 aromatic carbocycles. The van der Waals surface area contributed by atoms with E-state index in [4.69, 9.17) is 9.84 Å². The first kappa shape index (κ1) is 9.00. The zero-order valence-electron chi connectivity index (χ0n) is 8.17. The van der Waals surface area contributed by atoms with Crippen LogP contribution in [-0.2, 0) is 9.53 Å². The van der Waals surface area contributed by atoms with Crippen LogP contribution < -0.4 is 0 Å². The SMILES string of the molecule is CC1(C)COCC2(CC2C(=O)O)C1. The van der Waals surface area contributed by atoms with E-state index in [1.165, 1.54) is 0 Å². The van der Waals surface area contributed by atoms with E-state index in [-0.39, 0.29) is 16.7 Å². The number of hydrogen-bond donors (Lipinski definition) is 1. The highest BCUT2D eigenvalue weighted by molar-refractivity contribution is 5.74. The first-order valence-corrected chi connectivity index (χ1v) is 4.76. The molecule has 3 heteroatoms. The summed E-state index contributed by atoms with van der Waals surface area (Å²) in [6.07, 6.45) is 1.81. The standard InChI is InChI=1S/C10H16O3/c1-9(2)4-10(6-13-5-9)3-7(10)8(11)12/h7H,3-6H2,1-2H3,(H,11,12). The van der Waals surface area contributed by atoms with Crippen molar-refractivity contribution < 1.29 is 14.6 Å². The van der Waals surface area contributed by atoms with Crippen LogP contribution in [0.15, 0.2) is 0 Å². The van der Waals surface area contributed by atoms with Crippen molar-refractivity contribution in [3.63, 3.8) is 0 Å². The van der Waals surface area contributed by atoms with E-state index in [1.807, 2.05) is 0 Å². The molecule has 0 bridgehead atoms. The van der Waals surface area contributed by atoms with Crippen LogP contribution in [0.25, 0.3) is 0 Å². The lowest BCUT2D eigenvalue weighted by molar-refractivity contribution is -0.141. The van der Waals surface area contributed by atoms with Crippen LogP contribution in [0.5, 0.6) is 0 Å². The lowest BCUT2D eigenvalue weighted by Crippen LogP contribution is -2.34. The van der Waals surface area contributed by atoms with Crippen molar-refractivity contribution in [1.82, 2.24) is 0 Å². The maximum atomic E-state index is 10.8. The van der Waals surface area contributed by atoms with Crippen LogP contribution in [0, 0.1) is 16.7 Å². The van der Waals surface area contributed by atoms with Gasteiger partial charge in [0.25, 0.3) is 0 Å². The van der Waals surface area contributed by atoms with Gasteiger partial charge < -0.3 is 9.84 Å². The topological polar surface area (TPSA) is 46.5 Å². The van der Waals surface area contributed by atoms with Crippen molar-refractivity contribution in [3.05, 3.63) is 0 Å². The minimum atomic E-state index is -0.652. The number of rotatable bonds is 1. The second kappa shape index (κ2) is 2.47. The molecule has 0 aromatic heterocycles. The molecule has 1 aliphatic heterocycles. The van der Waals surface area contributed by atoms with E-state index in [1.54, 1.807) is 0 Å². The molecule has 3 nitrogen and oxygen atoms in total. The number of aliphatic carboxylic acids is 1. The fourth-order valence-corrected chi connectivity index (χ4v) is 2.64. The normalized spacial score (nSPS) is 41.8. The van der Waals surface area contributed by atoms with Crippen molar-refractivity contribution in [2.24, 2.45) is 16.7 Å². The Labute approximate surface area is 78.1 Å². The molecule has 1 saturated heterocycles. The van der Waals surface area contributed by atoms with E-state index in [0.717, 1.165) is 19.4 Å². The molecule has 0 aromatic rings. The summed E-state index contributed by atoms with van der Waals surface area (Å²) in [6.45, 7) is 5.70. The Kier molecular flexibility index (Phi) is 1.71. The minimum Gasteiger partial charge on any atom is -0.481 e. The zero-order chi connectivity index (χ0) is 9.69. The van der Waals surface area contributed by atoms with Gasteiger partial charge >= 0.3 is 5.97 Å². The molecule has 74 valence electrons. The molecule has 1 N–H and O–H groups in total. The van der Waals surface area contributed by atoms with E-state index < -0.39 is 5.97 Å². The minimum absolute atomic E-state index is 0.0203. The summed E-state index contributed by atoms with van der Waals surface area (Å²) in [4.78, 5) is 10.8. The van der Waals surface area contributed by atoms with Gasteiger partial charge in [-0.2, -0.15) is 0 Å². The van der Waals surface area contributed by atoms with Gasteiger partial charge in [-0.15, -0.1) is 0 Å². The first-order valence-electron chi connectivity index (χ1n) is 4.76. The maximum absolute atomic E-state index is 10.8. The molecule has 1 heterocycles. The van der Waals surface area contributed by atoms with Gasteiger partial charge in [-0.05, 0) is 18.3 Å². The highest BCUT2D eigenvalue weighted by Crippen LogP contribution is 2.60. The summed E-state index contributed by atoms with van der Waals surface area (Å²) in [5, 5.41) is 8.89. The molecule has 1 aliphatic carbocycles. The highest BCUT2D eigenvalue weighted by atomic mass is 16.5. The predicted octanol–water partition coefficient (Wildman–Crippen LogP) is 1.52. The van der Waals surface area contributed by atoms with Crippen LogP contribution in [0.4, 0.5) is 0 Å². The average Bonchev–Trinajstić information content (AvgIpc) is 2.60. The van der Waals surface area contributed by atoms with Crippen LogP contribution >= 0.6 is 0 Å². The Morgan fingerprint density at radius 1 is 1.46 bits per heavy atom. The third kappa shape index (κ3) is 1.46. The van der Waals surface area contributed by atoms with E-state index in [0.29, 0.717) is 6.61 Å². The fraction of sp³-hybridized carbons (Fsp3) is 0.900. The Hall–Kier alpha value is -0.570. The van der Waals surface area contributed by atoms with Crippen molar-refractivity contribution in [2.45, 2.75) is 26.7 Å². The van der Waals surface area contributed by atoms with Crippen LogP contribution in [-0.4, -0.2) is 24.3 Å².